The minimum Gasteiger partial charge on any atom is -0.410 e. The average molecular weight is 706 g/mol. The van der Waals surface area contributed by atoms with Gasteiger partial charge in [0.25, 0.3) is 5.91 Å². The van der Waals surface area contributed by atoms with Crippen LogP contribution in [0, 0.1) is 5.92 Å². The Kier molecular flexibility index (Phi) is 17.1. The fourth-order valence-corrected chi connectivity index (χ4v) is 6.39. The Hall–Kier alpha value is -3.23. The molecule has 0 radical (unpaired) electrons. The number of benzene rings is 1. The van der Waals surface area contributed by atoms with Crippen molar-refractivity contribution in [3.8, 4) is 0 Å². The zero-order chi connectivity index (χ0) is 34.9. The molecule has 2 aromatic rings. The third-order valence-corrected chi connectivity index (χ3v) is 9.75. The molecular formula is C30H45BN6O9P2+2. The van der Waals surface area contributed by atoms with E-state index in [0.717, 1.165) is 5.56 Å². The fraction of sp³-hybridized carbons (Fsp3) is 0.567. The van der Waals surface area contributed by atoms with Crippen LogP contribution in [-0.2, 0) is 34.4 Å². The first kappa shape index (κ1) is 39.2. The Morgan fingerprint density at radius 2 is 1.65 bits per heavy atom. The van der Waals surface area contributed by atoms with Crippen molar-refractivity contribution in [2.75, 3.05) is 32.8 Å². The quantitative estimate of drug-likeness (QED) is 0.126. The molecule has 1 aromatic carbocycles. The normalized spacial score (nSPS) is 17.1. The molecule has 0 spiro atoms. The molecular weight excluding hydrogens is 661 g/mol. The summed E-state index contributed by atoms with van der Waals surface area (Å²) < 4.78 is 34.8. The maximum atomic E-state index is 13.8. The Bertz CT molecular complexity index is 1320. The van der Waals surface area contributed by atoms with E-state index in [-0.39, 0.29) is 30.4 Å². The predicted molar refractivity (Wildman–Crippen MR) is 179 cm³/mol. The summed E-state index contributed by atoms with van der Waals surface area (Å²) in [6, 6.07) is 8.52. The SMILES string of the molecule is CC(C)C[C@@H](NC(=O)[C@@H](Cc1ccccc1)NC(=O)c1cnccn1)B1OCCCN(CCCC(=O)NC([P+](=O)O)[P+](=O)O)CCCO1. The summed E-state index contributed by atoms with van der Waals surface area (Å²) in [6.07, 6.45) is 6.88. The molecule has 1 aromatic heterocycles. The molecule has 1 aliphatic heterocycles. The minimum atomic E-state index is -3.02. The number of aromatic nitrogens is 2. The smallest absolute Gasteiger partial charge is 0.410 e. The van der Waals surface area contributed by atoms with Gasteiger partial charge in [-0.15, -0.1) is 0 Å². The van der Waals surface area contributed by atoms with Crippen molar-refractivity contribution in [1.29, 1.82) is 0 Å². The Morgan fingerprint density at radius 3 is 2.23 bits per heavy atom. The van der Waals surface area contributed by atoms with E-state index in [0.29, 0.717) is 58.5 Å². The molecule has 3 amide bonds. The number of carbonyl (C=O) groups excluding carboxylic acids is 3. The standard InChI is InChI=1S/C30H43BN6O9P2/c1-22(2)19-26(35-28(39)24(20-23-9-4-3-5-10-23)34-29(40)25-21-32-12-13-33-25)31-45-17-7-15-37(16-8-18-46-31)14-6-11-27(38)36-30(47(41)42)48(43)44/h3-5,9-10,12-13,21-22,24,26,30H,6-8,11,14-20H2,1-2H3,(H3-2,34,35,36,38,39,40,41,42,43,44)/p+2/t24-,26-/m1/s1. The van der Waals surface area contributed by atoms with E-state index in [1.165, 1.54) is 18.6 Å². The highest BCUT2D eigenvalue weighted by molar-refractivity contribution is 7.57. The first-order valence-corrected chi connectivity index (χ1v) is 18.6. The predicted octanol–water partition coefficient (Wildman–Crippen LogP) is 2.15. The molecule has 0 aliphatic carbocycles. The van der Waals surface area contributed by atoms with E-state index in [1.807, 2.05) is 44.2 Å². The van der Waals surface area contributed by atoms with Gasteiger partial charge in [0.15, 0.2) is 0 Å². The highest BCUT2D eigenvalue weighted by Crippen LogP contribution is 2.37. The topological polar surface area (TPSA) is 209 Å². The highest BCUT2D eigenvalue weighted by atomic mass is 31.2. The van der Waals surface area contributed by atoms with Crippen LogP contribution in [0.5, 0.6) is 0 Å². The molecule has 1 saturated heterocycles. The van der Waals surface area contributed by atoms with Crippen LogP contribution in [0.15, 0.2) is 48.9 Å². The molecule has 15 nitrogen and oxygen atoms in total. The van der Waals surface area contributed by atoms with Crippen LogP contribution in [0.25, 0.3) is 0 Å². The van der Waals surface area contributed by atoms with E-state index >= 15 is 0 Å². The van der Waals surface area contributed by atoms with Gasteiger partial charge in [-0.2, -0.15) is 9.79 Å². The van der Waals surface area contributed by atoms with Crippen LogP contribution in [0.3, 0.4) is 0 Å². The highest BCUT2D eigenvalue weighted by Gasteiger charge is 2.48. The zero-order valence-electron chi connectivity index (χ0n) is 27.3. The Balaban J connectivity index is 1.58. The lowest BCUT2D eigenvalue weighted by Crippen LogP contribution is -2.56. The lowest BCUT2D eigenvalue weighted by molar-refractivity contribution is -0.123. The van der Waals surface area contributed by atoms with Crippen molar-refractivity contribution in [2.45, 2.75) is 69.9 Å². The van der Waals surface area contributed by atoms with E-state index < -0.39 is 52.5 Å². The Morgan fingerprint density at radius 1 is 0.979 bits per heavy atom. The second kappa shape index (κ2) is 21.0. The number of rotatable bonds is 16. The molecule has 0 saturated carbocycles. The monoisotopic (exact) mass is 706 g/mol. The zero-order valence-corrected chi connectivity index (χ0v) is 29.1. The average Bonchev–Trinajstić information content (AvgIpc) is 3.06. The number of hydrogen-bond donors (Lipinski definition) is 5. The lowest BCUT2D eigenvalue weighted by Gasteiger charge is -2.30. The largest absolute Gasteiger partial charge is 0.588 e. The third kappa shape index (κ3) is 14.1. The second-order valence-corrected chi connectivity index (χ2v) is 14.5. The molecule has 48 heavy (non-hydrogen) atoms. The summed E-state index contributed by atoms with van der Waals surface area (Å²) in [7, 11) is -6.74. The van der Waals surface area contributed by atoms with E-state index in [4.69, 9.17) is 19.1 Å². The first-order valence-electron chi connectivity index (χ1n) is 16.0. The Labute approximate surface area is 282 Å². The molecule has 1 aliphatic rings. The number of nitrogens with one attached hydrogen (secondary N) is 3. The van der Waals surface area contributed by atoms with Gasteiger partial charge >= 0.3 is 28.7 Å². The molecule has 1 fully saturated rings. The summed E-state index contributed by atoms with van der Waals surface area (Å²) >= 11 is 0. The van der Waals surface area contributed by atoms with Crippen LogP contribution >= 0.6 is 16.1 Å². The third-order valence-electron chi connectivity index (χ3n) is 7.47. The molecule has 3 rings (SSSR count). The molecule has 2 heterocycles. The minimum absolute atomic E-state index is 0.0372. The van der Waals surface area contributed by atoms with E-state index in [1.54, 1.807) is 0 Å². The van der Waals surface area contributed by atoms with Gasteiger partial charge in [-0.05, 0) is 52.8 Å². The van der Waals surface area contributed by atoms with Crippen molar-refractivity contribution in [3.05, 3.63) is 60.2 Å². The van der Waals surface area contributed by atoms with Gasteiger partial charge in [0.05, 0.1) is 12.1 Å². The lowest BCUT2D eigenvalue weighted by atomic mass is 9.73. The van der Waals surface area contributed by atoms with Gasteiger partial charge in [0.2, 0.25) is 11.8 Å². The van der Waals surface area contributed by atoms with Crippen molar-refractivity contribution >= 4 is 40.9 Å². The number of carbonyl (C=O) groups is 3. The van der Waals surface area contributed by atoms with Crippen molar-refractivity contribution in [2.24, 2.45) is 5.92 Å². The summed E-state index contributed by atoms with van der Waals surface area (Å²) in [5, 5.41) is 8.07. The van der Waals surface area contributed by atoms with Crippen molar-refractivity contribution in [3.63, 3.8) is 0 Å². The first-order chi connectivity index (χ1) is 23.0. The molecule has 0 bridgehead atoms. The molecule has 5 N–H and O–H groups in total. The summed E-state index contributed by atoms with van der Waals surface area (Å²) in [5.41, 5.74) is -0.700. The van der Waals surface area contributed by atoms with Crippen LogP contribution in [0.2, 0.25) is 0 Å². The van der Waals surface area contributed by atoms with Crippen LogP contribution < -0.4 is 16.0 Å². The summed E-state index contributed by atoms with van der Waals surface area (Å²) in [4.78, 5) is 67.3. The molecule has 4 atom stereocenters. The van der Waals surface area contributed by atoms with Gasteiger partial charge < -0.3 is 24.8 Å². The fourth-order valence-electron chi connectivity index (χ4n) is 5.20. The maximum Gasteiger partial charge on any atom is 0.588 e. The van der Waals surface area contributed by atoms with Crippen molar-refractivity contribution < 1.29 is 42.6 Å². The van der Waals surface area contributed by atoms with Crippen LogP contribution in [-0.4, -0.2) is 99.8 Å². The van der Waals surface area contributed by atoms with E-state index in [9.17, 15) is 23.5 Å². The number of amides is 3. The molecule has 18 heteroatoms. The number of nitrogens with zero attached hydrogens (tertiary/aromatic N) is 3. The van der Waals surface area contributed by atoms with Gasteiger partial charge in [-0.1, -0.05) is 44.2 Å². The second-order valence-electron chi connectivity index (χ2n) is 11.9. The van der Waals surface area contributed by atoms with Gasteiger partial charge in [0, 0.05) is 51.5 Å². The van der Waals surface area contributed by atoms with Gasteiger partial charge in [-0.3, -0.25) is 24.7 Å². The van der Waals surface area contributed by atoms with Gasteiger partial charge in [-0.25, -0.2) is 4.98 Å². The number of hydrogen-bond acceptors (Lipinski definition) is 10. The summed E-state index contributed by atoms with van der Waals surface area (Å²) in [5.74, 6) is -1.72. The molecule has 2 unspecified atom stereocenters. The van der Waals surface area contributed by atoms with Gasteiger partial charge in [0.1, 0.15) is 11.7 Å². The molecule has 260 valence electrons. The van der Waals surface area contributed by atoms with Crippen molar-refractivity contribution in [1.82, 2.24) is 30.8 Å². The maximum absolute atomic E-state index is 13.8. The van der Waals surface area contributed by atoms with Crippen LogP contribution in [0.1, 0.15) is 62.0 Å². The summed E-state index contributed by atoms with van der Waals surface area (Å²) in [6.45, 7) is 6.76. The van der Waals surface area contributed by atoms with E-state index in [2.05, 4.69) is 30.8 Å². The van der Waals surface area contributed by atoms with Crippen LogP contribution in [0.4, 0.5) is 0 Å².